The number of carboxylic acid groups (broad SMARTS) is 1. The molecule has 2 aromatic carbocycles. The molecule has 1 aliphatic rings. The van der Waals surface area contributed by atoms with E-state index in [1.54, 1.807) is 30.3 Å². The molecule has 3 N–H and O–H groups in total. The zero-order chi connectivity index (χ0) is 27.6. The summed E-state index contributed by atoms with van der Waals surface area (Å²) in [4.78, 5) is 33.6. The number of nitrogens with one attached hydrogen (secondary N) is 2. The molecule has 10 nitrogen and oxygen atoms in total. The summed E-state index contributed by atoms with van der Waals surface area (Å²) in [5.41, 5.74) is 0.378. The molecule has 0 saturated carbocycles. The zero-order valence-electron chi connectivity index (χ0n) is 20.4. The minimum Gasteiger partial charge on any atom is -0.465 e. The van der Waals surface area contributed by atoms with Gasteiger partial charge in [0.2, 0.25) is 5.88 Å². The molecule has 5 rings (SSSR count). The summed E-state index contributed by atoms with van der Waals surface area (Å²) in [6.07, 6.45) is -1.84. The van der Waals surface area contributed by atoms with Crippen LogP contribution in [0.2, 0.25) is 0 Å². The van der Waals surface area contributed by atoms with E-state index in [-0.39, 0.29) is 11.7 Å². The van der Waals surface area contributed by atoms with Gasteiger partial charge in [-0.2, -0.15) is 13.2 Å². The van der Waals surface area contributed by atoms with E-state index in [0.717, 1.165) is 18.6 Å². The number of aromatic nitrogens is 3. The van der Waals surface area contributed by atoms with Gasteiger partial charge in [-0.3, -0.25) is 4.57 Å². The molecule has 39 heavy (non-hydrogen) atoms. The standard InChI is InChI=1S/C26H23F3N6O4/c27-26(28,29)17-2-1-3-18(11-17)33-24(36)35-9-6-16-10-21(4-5-22(16)35)39-23-12-20(31-15-32-23)13-30-19-7-8-34(14-19)25(37)38/h1-6,9-12,15,19,30H,7-8,13-14H2,(H,33,36)(H,37,38). The van der Waals surface area contributed by atoms with Crippen molar-refractivity contribution in [1.29, 1.82) is 0 Å². The van der Waals surface area contributed by atoms with E-state index in [1.165, 1.54) is 34.1 Å². The van der Waals surface area contributed by atoms with Crippen LogP contribution in [0, 0.1) is 0 Å². The van der Waals surface area contributed by atoms with E-state index in [9.17, 15) is 22.8 Å². The van der Waals surface area contributed by atoms with Crippen LogP contribution in [0.5, 0.6) is 11.6 Å². The van der Waals surface area contributed by atoms with Gasteiger partial charge in [-0.1, -0.05) is 6.07 Å². The van der Waals surface area contributed by atoms with Crippen molar-refractivity contribution in [3.63, 3.8) is 0 Å². The van der Waals surface area contributed by atoms with Crippen LogP contribution in [0.3, 0.4) is 0 Å². The Bertz CT molecular complexity index is 1520. The Morgan fingerprint density at radius 3 is 2.72 bits per heavy atom. The van der Waals surface area contributed by atoms with Gasteiger partial charge in [-0.05, 0) is 48.9 Å². The predicted octanol–water partition coefficient (Wildman–Crippen LogP) is 5.16. The summed E-state index contributed by atoms with van der Waals surface area (Å²) >= 11 is 0. The highest BCUT2D eigenvalue weighted by Crippen LogP contribution is 2.31. The van der Waals surface area contributed by atoms with E-state index < -0.39 is 23.9 Å². The number of fused-ring (bicyclic) bond motifs is 1. The molecular weight excluding hydrogens is 517 g/mol. The number of nitrogens with zero attached hydrogens (tertiary/aromatic N) is 4. The van der Waals surface area contributed by atoms with E-state index in [4.69, 9.17) is 9.84 Å². The average molecular weight is 541 g/mol. The number of hydrogen-bond acceptors (Lipinski definition) is 6. The number of benzene rings is 2. The van der Waals surface area contributed by atoms with Crippen molar-refractivity contribution in [2.75, 3.05) is 18.4 Å². The molecule has 0 spiro atoms. The van der Waals surface area contributed by atoms with Gasteiger partial charge in [0.1, 0.15) is 12.1 Å². The molecule has 2 amide bonds. The molecule has 0 aliphatic carbocycles. The topological polar surface area (TPSA) is 122 Å². The zero-order valence-corrected chi connectivity index (χ0v) is 20.4. The second kappa shape index (κ2) is 10.6. The Hall–Kier alpha value is -4.65. The Labute approximate surface area is 220 Å². The van der Waals surface area contributed by atoms with Crippen molar-refractivity contribution in [3.8, 4) is 11.6 Å². The molecule has 3 heterocycles. The maximum atomic E-state index is 13.0. The fraction of sp³-hybridized carbons (Fsp3) is 0.231. The second-order valence-electron chi connectivity index (χ2n) is 8.96. The van der Waals surface area contributed by atoms with Gasteiger partial charge in [0.25, 0.3) is 0 Å². The minimum absolute atomic E-state index is 0.0258. The lowest BCUT2D eigenvalue weighted by molar-refractivity contribution is -0.137. The Kier molecular flexibility index (Phi) is 7.07. The third kappa shape index (κ3) is 6.09. The summed E-state index contributed by atoms with van der Waals surface area (Å²) < 4.78 is 46.1. The van der Waals surface area contributed by atoms with Gasteiger partial charge in [0.15, 0.2) is 0 Å². The molecule has 13 heteroatoms. The molecule has 1 unspecified atom stereocenters. The van der Waals surface area contributed by atoms with Crippen LogP contribution in [0.15, 0.2) is 67.1 Å². The highest BCUT2D eigenvalue weighted by molar-refractivity contribution is 5.98. The van der Waals surface area contributed by atoms with Crippen molar-refractivity contribution in [2.24, 2.45) is 0 Å². The van der Waals surface area contributed by atoms with Crippen LogP contribution >= 0.6 is 0 Å². The third-order valence-electron chi connectivity index (χ3n) is 6.27. The van der Waals surface area contributed by atoms with Crippen LogP contribution < -0.4 is 15.4 Å². The largest absolute Gasteiger partial charge is 0.465 e. The van der Waals surface area contributed by atoms with E-state index in [1.807, 2.05) is 0 Å². The summed E-state index contributed by atoms with van der Waals surface area (Å²) in [5, 5.41) is 15.5. The summed E-state index contributed by atoms with van der Waals surface area (Å²) in [6, 6.07) is 12.2. The summed E-state index contributed by atoms with van der Waals surface area (Å²) in [6.45, 7) is 1.32. The molecule has 1 fully saturated rings. The first-order valence-corrected chi connectivity index (χ1v) is 12.0. The van der Waals surface area contributed by atoms with Crippen LogP contribution in [-0.2, 0) is 12.7 Å². The molecule has 202 valence electrons. The Balaban J connectivity index is 1.23. The number of ether oxygens (including phenoxy) is 1. The minimum atomic E-state index is -4.52. The number of alkyl halides is 3. The SMILES string of the molecule is O=C(O)N1CCC(NCc2cc(Oc3ccc4c(ccn4C(=O)Nc4cccc(C(F)(F)F)c4)c3)ncn2)C1. The maximum absolute atomic E-state index is 13.0. The molecule has 2 aromatic heterocycles. The Morgan fingerprint density at radius 1 is 1.10 bits per heavy atom. The quantitative estimate of drug-likeness (QED) is 0.309. The Morgan fingerprint density at radius 2 is 1.95 bits per heavy atom. The number of anilines is 1. The second-order valence-corrected chi connectivity index (χ2v) is 8.96. The highest BCUT2D eigenvalue weighted by atomic mass is 19.4. The van der Waals surface area contributed by atoms with Gasteiger partial charge in [0, 0.05) is 49.0 Å². The summed E-state index contributed by atoms with van der Waals surface area (Å²) in [5.74, 6) is 0.769. The first kappa shape index (κ1) is 26.0. The average Bonchev–Trinajstić information content (AvgIpc) is 3.55. The van der Waals surface area contributed by atoms with Crippen LogP contribution in [0.1, 0.15) is 17.7 Å². The van der Waals surface area contributed by atoms with Crippen molar-refractivity contribution in [1.82, 2.24) is 24.8 Å². The fourth-order valence-electron chi connectivity index (χ4n) is 4.32. The number of likely N-dealkylation sites (tertiary alicyclic amines) is 1. The van der Waals surface area contributed by atoms with Crippen LogP contribution in [0.4, 0.5) is 28.4 Å². The van der Waals surface area contributed by atoms with Crippen molar-refractivity contribution in [2.45, 2.75) is 25.2 Å². The highest BCUT2D eigenvalue weighted by Gasteiger charge is 2.30. The van der Waals surface area contributed by atoms with Crippen molar-refractivity contribution in [3.05, 3.63) is 78.4 Å². The third-order valence-corrected chi connectivity index (χ3v) is 6.27. The number of carbonyl (C=O) groups excluding carboxylic acids is 1. The van der Waals surface area contributed by atoms with Crippen LogP contribution in [0.25, 0.3) is 10.9 Å². The lowest BCUT2D eigenvalue weighted by Crippen LogP contribution is -2.34. The molecule has 1 aliphatic heterocycles. The molecule has 0 bridgehead atoms. The number of halogens is 3. The van der Waals surface area contributed by atoms with E-state index in [2.05, 4.69) is 20.6 Å². The monoisotopic (exact) mass is 540 g/mol. The first-order chi connectivity index (χ1) is 18.7. The fourth-order valence-corrected chi connectivity index (χ4v) is 4.32. The molecule has 1 saturated heterocycles. The van der Waals surface area contributed by atoms with Gasteiger partial charge < -0.3 is 25.4 Å². The molecule has 4 aromatic rings. The lowest BCUT2D eigenvalue weighted by Gasteiger charge is -2.13. The van der Waals surface area contributed by atoms with Crippen molar-refractivity contribution >= 4 is 28.7 Å². The summed E-state index contributed by atoms with van der Waals surface area (Å²) in [7, 11) is 0. The van der Waals surface area contributed by atoms with Gasteiger partial charge >= 0.3 is 18.3 Å². The van der Waals surface area contributed by atoms with E-state index in [0.29, 0.717) is 47.9 Å². The van der Waals surface area contributed by atoms with Gasteiger partial charge in [-0.15, -0.1) is 0 Å². The van der Waals surface area contributed by atoms with Gasteiger partial charge in [-0.25, -0.2) is 19.6 Å². The van der Waals surface area contributed by atoms with Gasteiger partial charge in [0.05, 0.1) is 16.8 Å². The predicted molar refractivity (Wildman–Crippen MR) is 135 cm³/mol. The molecule has 1 atom stereocenters. The maximum Gasteiger partial charge on any atom is 0.416 e. The molecule has 0 radical (unpaired) electrons. The van der Waals surface area contributed by atoms with Crippen molar-refractivity contribution < 1.29 is 32.6 Å². The smallest absolute Gasteiger partial charge is 0.416 e. The lowest BCUT2D eigenvalue weighted by atomic mass is 10.2. The first-order valence-electron chi connectivity index (χ1n) is 12.0. The number of carbonyl (C=O) groups is 2. The normalized spacial score (nSPS) is 15.5. The number of amides is 2. The van der Waals surface area contributed by atoms with Crippen LogP contribution in [-0.4, -0.2) is 55.8 Å². The number of rotatable bonds is 6. The molecular formula is C26H23F3N6O4. The number of hydrogen-bond donors (Lipinski definition) is 3. The van der Waals surface area contributed by atoms with E-state index >= 15 is 0 Å².